The van der Waals surface area contributed by atoms with Crippen molar-refractivity contribution < 1.29 is 4.74 Å². The second-order valence-electron chi connectivity index (χ2n) is 5.60. The molecule has 0 aromatic carbocycles. The Morgan fingerprint density at radius 2 is 2.16 bits per heavy atom. The van der Waals surface area contributed by atoms with Gasteiger partial charge in [0.1, 0.15) is 5.75 Å². The summed E-state index contributed by atoms with van der Waals surface area (Å²) in [4.78, 5) is 1.39. The maximum Gasteiger partial charge on any atom is 0.134 e. The molecule has 2 rings (SSSR count). The van der Waals surface area contributed by atoms with Gasteiger partial charge in [-0.1, -0.05) is 39.0 Å². The lowest BCUT2D eigenvalue weighted by molar-refractivity contribution is 0.297. The van der Waals surface area contributed by atoms with E-state index in [1.807, 2.05) is 11.3 Å². The normalized spacial score (nSPS) is 18.4. The van der Waals surface area contributed by atoms with E-state index in [2.05, 4.69) is 23.7 Å². The van der Waals surface area contributed by atoms with Gasteiger partial charge in [-0.2, -0.15) is 0 Å². The zero-order valence-electron chi connectivity index (χ0n) is 12.3. The van der Waals surface area contributed by atoms with Gasteiger partial charge < -0.3 is 10.1 Å². The third-order valence-corrected chi connectivity index (χ3v) is 5.14. The van der Waals surface area contributed by atoms with E-state index in [0.717, 1.165) is 18.2 Å². The molecule has 3 heteroatoms. The second kappa shape index (κ2) is 7.91. The van der Waals surface area contributed by atoms with Crippen LogP contribution in [0.4, 0.5) is 0 Å². The number of methoxy groups -OCH3 is 1. The van der Waals surface area contributed by atoms with Gasteiger partial charge in [0.25, 0.3) is 0 Å². The molecule has 0 spiro atoms. The molecule has 0 amide bonds. The summed E-state index contributed by atoms with van der Waals surface area (Å²) in [6.45, 7) is 3.33. The third kappa shape index (κ3) is 4.22. The molecule has 1 atom stereocenters. The van der Waals surface area contributed by atoms with Gasteiger partial charge in [-0.3, -0.25) is 0 Å². The Kier molecular flexibility index (Phi) is 6.18. The molecule has 0 aliphatic heterocycles. The monoisotopic (exact) mass is 281 g/mol. The van der Waals surface area contributed by atoms with Gasteiger partial charge in [-0.15, -0.1) is 11.3 Å². The van der Waals surface area contributed by atoms with Crippen LogP contribution in [0.2, 0.25) is 0 Å². The lowest BCUT2D eigenvalue weighted by Gasteiger charge is -2.27. The van der Waals surface area contributed by atoms with Crippen molar-refractivity contribution in [2.75, 3.05) is 13.7 Å². The Balaban J connectivity index is 2.01. The number of hydrogen-bond acceptors (Lipinski definition) is 3. The van der Waals surface area contributed by atoms with Crippen LogP contribution in [0, 0.1) is 5.92 Å². The van der Waals surface area contributed by atoms with Crippen LogP contribution in [-0.2, 0) is 0 Å². The fraction of sp³-hybridized carbons (Fsp3) is 0.750. The van der Waals surface area contributed by atoms with Gasteiger partial charge in [-0.25, -0.2) is 0 Å². The smallest absolute Gasteiger partial charge is 0.134 e. The van der Waals surface area contributed by atoms with Crippen LogP contribution in [0.3, 0.4) is 0 Å². The predicted molar refractivity (Wildman–Crippen MR) is 83.1 cm³/mol. The number of hydrogen-bond donors (Lipinski definition) is 1. The average Bonchev–Trinajstić information content (AvgIpc) is 2.93. The molecular formula is C16H27NOS. The van der Waals surface area contributed by atoms with Crippen molar-refractivity contribution >= 4 is 11.3 Å². The number of rotatable bonds is 7. The number of nitrogens with one attached hydrogen (secondary N) is 1. The van der Waals surface area contributed by atoms with Gasteiger partial charge in [0.15, 0.2) is 0 Å². The maximum absolute atomic E-state index is 5.51. The van der Waals surface area contributed by atoms with Crippen molar-refractivity contribution in [1.82, 2.24) is 5.32 Å². The first-order valence-electron chi connectivity index (χ1n) is 7.70. The molecule has 1 heterocycles. The Morgan fingerprint density at radius 3 is 2.84 bits per heavy atom. The van der Waals surface area contributed by atoms with E-state index in [0.29, 0.717) is 6.04 Å². The quantitative estimate of drug-likeness (QED) is 0.777. The lowest BCUT2D eigenvalue weighted by Crippen LogP contribution is -2.25. The molecule has 1 aromatic heterocycles. The molecule has 1 saturated carbocycles. The second-order valence-corrected chi connectivity index (χ2v) is 6.55. The Bertz CT molecular complexity index is 357. The van der Waals surface area contributed by atoms with Crippen LogP contribution in [0.1, 0.15) is 62.8 Å². The van der Waals surface area contributed by atoms with Crippen molar-refractivity contribution in [2.45, 2.75) is 57.9 Å². The van der Waals surface area contributed by atoms with Crippen molar-refractivity contribution in [3.8, 4) is 5.75 Å². The summed E-state index contributed by atoms with van der Waals surface area (Å²) >= 11 is 1.83. The summed E-state index contributed by atoms with van der Waals surface area (Å²) in [5.74, 6) is 1.96. The molecule has 1 N–H and O–H groups in total. The molecular weight excluding hydrogens is 254 g/mol. The summed E-state index contributed by atoms with van der Waals surface area (Å²) in [7, 11) is 1.78. The highest BCUT2D eigenvalue weighted by Gasteiger charge is 2.22. The van der Waals surface area contributed by atoms with Gasteiger partial charge in [0.2, 0.25) is 0 Å². The number of ether oxygens (including phenoxy) is 1. The van der Waals surface area contributed by atoms with Gasteiger partial charge in [0.05, 0.1) is 12.0 Å². The topological polar surface area (TPSA) is 21.3 Å². The molecule has 1 fully saturated rings. The van der Waals surface area contributed by atoms with E-state index in [1.54, 1.807) is 7.11 Å². The summed E-state index contributed by atoms with van der Waals surface area (Å²) in [5, 5.41) is 5.87. The highest BCUT2D eigenvalue weighted by Crippen LogP contribution is 2.37. The standard InChI is InChI=1S/C16H27NOS/c1-3-10-17-14(12-13-7-5-4-6-8-13)16-15(18-2)9-11-19-16/h9,11,13-14,17H,3-8,10,12H2,1-2H3. The van der Waals surface area contributed by atoms with E-state index in [-0.39, 0.29) is 0 Å². The summed E-state index contributed by atoms with van der Waals surface area (Å²) in [5.41, 5.74) is 0. The predicted octanol–water partition coefficient (Wildman–Crippen LogP) is 4.77. The van der Waals surface area contributed by atoms with Crippen LogP contribution >= 0.6 is 11.3 Å². The van der Waals surface area contributed by atoms with Crippen LogP contribution in [0.25, 0.3) is 0 Å². The highest BCUT2D eigenvalue weighted by molar-refractivity contribution is 7.10. The summed E-state index contributed by atoms with van der Waals surface area (Å²) in [6.07, 6.45) is 9.58. The van der Waals surface area contributed by atoms with Crippen LogP contribution < -0.4 is 10.1 Å². The van der Waals surface area contributed by atoms with E-state index >= 15 is 0 Å². The zero-order chi connectivity index (χ0) is 13.5. The average molecular weight is 281 g/mol. The van der Waals surface area contributed by atoms with Gasteiger partial charge >= 0.3 is 0 Å². The summed E-state index contributed by atoms with van der Waals surface area (Å²) in [6, 6.07) is 2.58. The molecule has 19 heavy (non-hydrogen) atoms. The summed E-state index contributed by atoms with van der Waals surface area (Å²) < 4.78 is 5.51. The first-order chi connectivity index (χ1) is 9.35. The highest BCUT2D eigenvalue weighted by atomic mass is 32.1. The molecule has 1 aliphatic carbocycles. The van der Waals surface area contributed by atoms with Crippen molar-refractivity contribution in [2.24, 2.45) is 5.92 Å². The van der Waals surface area contributed by atoms with Crippen molar-refractivity contribution in [1.29, 1.82) is 0 Å². The van der Waals surface area contributed by atoms with Gasteiger partial charge in [0, 0.05) is 6.04 Å². The van der Waals surface area contributed by atoms with Crippen LogP contribution in [0.5, 0.6) is 5.75 Å². The molecule has 2 nitrogen and oxygen atoms in total. The minimum Gasteiger partial charge on any atom is -0.496 e. The molecule has 0 saturated heterocycles. The van der Waals surface area contributed by atoms with Gasteiger partial charge in [-0.05, 0) is 36.8 Å². The molecule has 0 radical (unpaired) electrons. The maximum atomic E-state index is 5.51. The molecule has 0 bridgehead atoms. The molecule has 108 valence electrons. The van der Waals surface area contributed by atoms with Crippen molar-refractivity contribution in [3.05, 3.63) is 16.3 Å². The van der Waals surface area contributed by atoms with E-state index in [4.69, 9.17) is 4.74 Å². The first kappa shape index (κ1) is 14.9. The Hall–Kier alpha value is -0.540. The largest absolute Gasteiger partial charge is 0.496 e. The van der Waals surface area contributed by atoms with E-state index in [1.165, 1.54) is 49.8 Å². The SMILES string of the molecule is CCCNC(CC1CCCCC1)c1sccc1OC. The molecule has 1 unspecified atom stereocenters. The fourth-order valence-electron chi connectivity index (χ4n) is 3.09. The Labute approximate surface area is 121 Å². The lowest BCUT2D eigenvalue weighted by atomic mass is 9.84. The minimum absolute atomic E-state index is 0.484. The number of thiophene rings is 1. The minimum atomic E-state index is 0.484. The first-order valence-corrected chi connectivity index (χ1v) is 8.57. The zero-order valence-corrected chi connectivity index (χ0v) is 13.1. The van der Waals surface area contributed by atoms with E-state index < -0.39 is 0 Å². The van der Waals surface area contributed by atoms with Crippen LogP contribution in [-0.4, -0.2) is 13.7 Å². The fourth-order valence-corrected chi connectivity index (χ4v) is 4.04. The van der Waals surface area contributed by atoms with Crippen molar-refractivity contribution in [3.63, 3.8) is 0 Å². The molecule has 1 aromatic rings. The Morgan fingerprint density at radius 1 is 1.37 bits per heavy atom. The molecule has 1 aliphatic rings. The third-order valence-electron chi connectivity index (χ3n) is 4.13. The van der Waals surface area contributed by atoms with Crippen LogP contribution in [0.15, 0.2) is 11.4 Å². The van der Waals surface area contributed by atoms with E-state index in [9.17, 15) is 0 Å².